The Bertz CT molecular complexity index is 1170. The van der Waals surface area contributed by atoms with Crippen LogP contribution in [0.4, 0.5) is 10.2 Å². The molecule has 1 atom stereocenters. The highest BCUT2D eigenvalue weighted by molar-refractivity contribution is 7.88. The predicted octanol–water partition coefficient (Wildman–Crippen LogP) is 0.297. The van der Waals surface area contributed by atoms with Crippen molar-refractivity contribution in [1.29, 1.82) is 5.26 Å². The van der Waals surface area contributed by atoms with Gasteiger partial charge in [-0.1, -0.05) is 6.07 Å². The molecule has 0 spiro atoms. The fourth-order valence-electron chi connectivity index (χ4n) is 3.66. The minimum atomic E-state index is -3.29. The molecule has 1 aromatic carbocycles. The molecule has 2 aliphatic heterocycles. The zero-order valence-electron chi connectivity index (χ0n) is 15.6. The predicted molar refractivity (Wildman–Crippen MR) is 101 cm³/mol. The Balaban J connectivity index is 1.53. The van der Waals surface area contributed by atoms with Gasteiger partial charge in [-0.05, 0) is 17.7 Å². The Morgan fingerprint density at radius 2 is 2.10 bits per heavy atom. The Kier molecular flexibility index (Phi) is 4.76. The average Bonchev–Trinajstić information content (AvgIpc) is 3.05. The van der Waals surface area contributed by atoms with E-state index in [9.17, 15) is 17.6 Å². The largest absolute Gasteiger partial charge is 0.473 e. The van der Waals surface area contributed by atoms with E-state index < -0.39 is 21.5 Å². The SMILES string of the molecule is CS(=O)(=O)N1CCN2c3cc(OCc4ccc(F)c(C#N)c4)nc(=O)n3CC2C1. The van der Waals surface area contributed by atoms with E-state index in [0.29, 0.717) is 37.6 Å². The van der Waals surface area contributed by atoms with Gasteiger partial charge in [0.15, 0.2) is 0 Å². The second-order valence-electron chi connectivity index (χ2n) is 7.03. The van der Waals surface area contributed by atoms with Gasteiger partial charge in [0.1, 0.15) is 24.3 Å². The van der Waals surface area contributed by atoms with Crippen molar-refractivity contribution in [3.05, 3.63) is 51.7 Å². The standard InChI is InChI=1S/C18H18FN5O4S/c1-29(26,27)22-4-5-23-14(9-22)10-24-17(23)7-16(21-18(24)25)28-11-12-2-3-15(19)13(6-12)8-20/h2-3,6-7,14H,4-5,9-11H2,1H3. The maximum atomic E-state index is 13.4. The van der Waals surface area contributed by atoms with Gasteiger partial charge in [-0.2, -0.15) is 14.6 Å². The van der Waals surface area contributed by atoms with Crippen molar-refractivity contribution in [2.75, 3.05) is 30.8 Å². The molecule has 29 heavy (non-hydrogen) atoms. The summed E-state index contributed by atoms with van der Waals surface area (Å²) < 4.78 is 45.6. The van der Waals surface area contributed by atoms with Gasteiger partial charge in [-0.15, -0.1) is 0 Å². The monoisotopic (exact) mass is 419 g/mol. The molecule has 2 aliphatic rings. The smallest absolute Gasteiger partial charge is 0.352 e. The lowest BCUT2D eigenvalue weighted by molar-refractivity contribution is 0.291. The normalized spacial score (nSPS) is 18.8. The molecular formula is C18H18FN5O4S. The first kappa shape index (κ1) is 19.4. The number of hydrogen-bond donors (Lipinski definition) is 0. The number of fused-ring (bicyclic) bond motifs is 3. The van der Waals surface area contributed by atoms with Crippen molar-refractivity contribution in [2.45, 2.75) is 19.2 Å². The fraction of sp³-hybridized carbons (Fsp3) is 0.389. The van der Waals surface area contributed by atoms with Crippen LogP contribution in [0.1, 0.15) is 11.1 Å². The first-order chi connectivity index (χ1) is 13.8. The number of aromatic nitrogens is 2. The molecule has 0 saturated carbocycles. The van der Waals surface area contributed by atoms with Crippen molar-refractivity contribution in [2.24, 2.45) is 0 Å². The first-order valence-electron chi connectivity index (χ1n) is 8.91. The molecule has 0 radical (unpaired) electrons. The van der Waals surface area contributed by atoms with E-state index in [1.807, 2.05) is 4.90 Å². The molecule has 1 aromatic heterocycles. The first-order valence-corrected chi connectivity index (χ1v) is 10.8. The summed E-state index contributed by atoms with van der Waals surface area (Å²) in [4.78, 5) is 18.4. The number of nitrogens with zero attached hydrogens (tertiary/aromatic N) is 5. The average molecular weight is 419 g/mol. The van der Waals surface area contributed by atoms with Gasteiger partial charge in [0.05, 0.1) is 24.4 Å². The summed E-state index contributed by atoms with van der Waals surface area (Å²) in [7, 11) is -3.29. The molecule has 1 fully saturated rings. The number of hydrogen-bond acceptors (Lipinski definition) is 7. The molecule has 2 aromatic rings. The van der Waals surface area contributed by atoms with E-state index >= 15 is 0 Å². The van der Waals surface area contributed by atoms with Crippen molar-refractivity contribution in [1.82, 2.24) is 13.9 Å². The quantitative estimate of drug-likeness (QED) is 0.701. The highest BCUT2D eigenvalue weighted by atomic mass is 32.2. The number of halogens is 1. The summed E-state index contributed by atoms with van der Waals surface area (Å²) in [6, 6.07) is 7.34. The number of anilines is 1. The highest BCUT2D eigenvalue weighted by Gasteiger charge is 2.38. The van der Waals surface area contributed by atoms with Gasteiger partial charge in [-0.3, -0.25) is 4.57 Å². The minimum absolute atomic E-state index is 0.0239. The third kappa shape index (κ3) is 3.68. The van der Waals surface area contributed by atoms with Crippen LogP contribution in [0.15, 0.2) is 29.1 Å². The lowest BCUT2D eigenvalue weighted by atomic mass is 10.1. The second-order valence-corrected chi connectivity index (χ2v) is 9.01. The number of benzene rings is 1. The molecule has 152 valence electrons. The fourth-order valence-corrected chi connectivity index (χ4v) is 4.51. The van der Waals surface area contributed by atoms with Crippen LogP contribution in [-0.2, 0) is 23.2 Å². The molecule has 4 rings (SSSR count). The second kappa shape index (κ2) is 7.13. The maximum Gasteiger partial charge on any atom is 0.352 e. The Morgan fingerprint density at radius 3 is 2.83 bits per heavy atom. The van der Waals surface area contributed by atoms with Crippen molar-refractivity contribution < 1.29 is 17.5 Å². The molecule has 0 aliphatic carbocycles. The summed E-state index contributed by atoms with van der Waals surface area (Å²) >= 11 is 0. The van der Waals surface area contributed by atoms with Gasteiger partial charge < -0.3 is 9.64 Å². The van der Waals surface area contributed by atoms with Crippen LogP contribution in [0.25, 0.3) is 0 Å². The zero-order chi connectivity index (χ0) is 20.8. The van der Waals surface area contributed by atoms with Crippen LogP contribution < -0.4 is 15.3 Å². The third-order valence-corrected chi connectivity index (χ3v) is 6.38. The Hall–Kier alpha value is -2.97. The summed E-state index contributed by atoms with van der Waals surface area (Å²) in [5.74, 6) is 0.148. The summed E-state index contributed by atoms with van der Waals surface area (Å²) in [6.07, 6.45) is 1.18. The van der Waals surface area contributed by atoms with Gasteiger partial charge in [0, 0.05) is 25.7 Å². The number of sulfonamides is 1. The summed E-state index contributed by atoms with van der Waals surface area (Å²) in [5, 5.41) is 8.92. The molecular weight excluding hydrogens is 401 g/mol. The molecule has 11 heteroatoms. The summed E-state index contributed by atoms with van der Waals surface area (Å²) in [5.41, 5.74) is 0.0132. The summed E-state index contributed by atoms with van der Waals surface area (Å²) in [6.45, 7) is 1.49. The molecule has 0 amide bonds. The highest BCUT2D eigenvalue weighted by Crippen LogP contribution is 2.29. The van der Waals surface area contributed by atoms with Gasteiger partial charge >= 0.3 is 5.69 Å². The number of ether oxygens (including phenoxy) is 1. The third-order valence-electron chi connectivity index (χ3n) is 5.11. The van der Waals surface area contributed by atoms with Crippen LogP contribution in [0, 0.1) is 17.1 Å². The van der Waals surface area contributed by atoms with E-state index in [0.717, 1.165) is 0 Å². The van der Waals surface area contributed by atoms with Crippen LogP contribution in [0.2, 0.25) is 0 Å². The molecule has 0 bridgehead atoms. The number of rotatable bonds is 4. The molecule has 1 saturated heterocycles. The van der Waals surface area contributed by atoms with E-state index in [1.165, 1.54) is 33.3 Å². The van der Waals surface area contributed by atoms with Crippen molar-refractivity contribution in [3.8, 4) is 11.9 Å². The van der Waals surface area contributed by atoms with Crippen LogP contribution in [-0.4, -0.2) is 54.2 Å². The van der Waals surface area contributed by atoms with E-state index in [4.69, 9.17) is 10.00 Å². The Labute approximate surface area is 166 Å². The van der Waals surface area contributed by atoms with Gasteiger partial charge in [-0.25, -0.2) is 17.6 Å². The van der Waals surface area contributed by atoms with Crippen LogP contribution in [0.5, 0.6) is 5.88 Å². The van der Waals surface area contributed by atoms with Crippen molar-refractivity contribution >= 4 is 15.8 Å². The number of piperazine rings is 1. The molecule has 3 heterocycles. The van der Waals surface area contributed by atoms with Gasteiger partial charge in [0.25, 0.3) is 0 Å². The van der Waals surface area contributed by atoms with Crippen LogP contribution >= 0.6 is 0 Å². The van der Waals surface area contributed by atoms with Gasteiger partial charge in [0.2, 0.25) is 15.9 Å². The molecule has 9 nitrogen and oxygen atoms in total. The zero-order valence-corrected chi connectivity index (χ0v) is 16.4. The van der Waals surface area contributed by atoms with Crippen LogP contribution in [0.3, 0.4) is 0 Å². The van der Waals surface area contributed by atoms with Crippen molar-refractivity contribution in [3.63, 3.8) is 0 Å². The lowest BCUT2D eigenvalue weighted by Crippen LogP contribution is -2.53. The lowest BCUT2D eigenvalue weighted by Gasteiger charge is -2.36. The van der Waals surface area contributed by atoms with E-state index in [2.05, 4.69) is 4.98 Å². The maximum absolute atomic E-state index is 13.4. The molecule has 0 N–H and O–H groups in total. The van der Waals surface area contributed by atoms with E-state index in [-0.39, 0.29) is 24.1 Å². The Morgan fingerprint density at radius 1 is 1.31 bits per heavy atom. The minimum Gasteiger partial charge on any atom is -0.473 e. The number of nitriles is 1. The van der Waals surface area contributed by atoms with E-state index in [1.54, 1.807) is 12.1 Å². The topological polar surface area (TPSA) is 109 Å². The molecule has 1 unspecified atom stereocenters.